The summed E-state index contributed by atoms with van der Waals surface area (Å²) in [6.45, 7) is 8.89. The first-order valence-corrected chi connectivity index (χ1v) is 4.53. The van der Waals surface area contributed by atoms with E-state index in [1.807, 2.05) is 6.92 Å². The molecular weight excluding hydrogens is 162 g/mol. The van der Waals surface area contributed by atoms with Crippen molar-refractivity contribution in [1.82, 2.24) is 4.90 Å². The summed E-state index contributed by atoms with van der Waals surface area (Å²) in [6, 6.07) is 0.637. The van der Waals surface area contributed by atoms with E-state index in [9.17, 15) is 0 Å². The van der Waals surface area contributed by atoms with Gasteiger partial charge in [0.15, 0.2) is 0 Å². The Labute approximate surface area is 79.6 Å². The molecule has 1 saturated heterocycles. The average molecular weight is 179 g/mol. The van der Waals surface area contributed by atoms with Crippen LogP contribution < -0.4 is 5.73 Å². The molecular formula is C10H17N3. The lowest BCUT2D eigenvalue weighted by Gasteiger charge is -2.40. The van der Waals surface area contributed by atoms with Crippen molar-refractivity contribution in [2.24, 2.45) is 10.7 Å². The van der Waals surface area contributed by atoms with Crippen LogP contribution >= 0.6 is 0 Å². The van der Waals surface area contributed by atoms with Crippen LogP contribution in [0.15, 0.2) is 29.5 Å². The van der Waals surface area contributed by atoms with Gasteiger partial charge in [0.1, 0.15) is 5.84 Å². The van der Waals surface area contributed by atoms with Crippen molar-refractivity contribution in [3.8, 4) is 0 Å². The molecule has 0 aromatic rings. The summed E-state index contributed by atoms with van der Waals surface area (Å²) in [5, 5.41) is 0. The van der Waals surface area contributed by atoms with Gasteiger partial charge in [-0.15, -0.1) is 0 Å². The fraction of sp³-hybridized carbons (Fsp3) is 0.500. The lowest BCUT2D eigenvalue weighted by molar-refractivity contribution is 0.202. The molecule has 1 rings (SSSR count). The van der Waals surface area contributed by atoms with Crippen molar-refractivity contribution in [2.45, 2.75) is 26.3 Å². The summed E-state index contributed by atoms with van der Waals surface area (Å²) >= 11 is 0. The van der Waals surface area contributed by atoms with Crippen LogP contribution in [0.5, 0.6) is 0 Å². The Bertz CT molecular complexity index is 253. The Balaban J connectivity index is 2.46. The summed E-state index contributed by atoms with van der Waals surface area (Å²) < 4.78 is 0. The summed E-state index contributed by atoms with van der Waals surface area (Å²) in [5.41, 5.74) is 5.90. The van der Waals surface area contributed by atoms with Crippen LogP contribution in [0.3, 0.4) is 0 Å². The van der Waals surface area contributed by atoms with Gasteiger partial charge < -0.3 is 10.6 Å². The molecule has 0 aromatic carbocycles. The van der Waals surface area contributed by atoms with Crippen LogP contribution in [0.25, 0.3) is 0 Å². The lowest BCUT2D eigenvalue weighted by atomic mass is 10.1. The number of nitrogens with two attached hydrogens (primary N) is 1. The first-order valence-electron chi connectivity index (χ1n) is 4.53. The van der Waals surface area contributed by atoms with Crippen LogP contribution in [0.4, 0.5) is 0 Å². The van der Waals surface area contributed by atoms with E-state index in [-0.39, 0.29) is 0 Å². The van der Waals surface area contributed by atoms with E-state index < -0.39 is 0 Å². The standard InChI is InChI=1S/C10H17N3/c1-8(11)4-6-12-10(3)13-7-5-9(13)2/h4,6,9H,1,5,7,11H2,2-3H3/b6-4-,12-10+. The van der Waals surface area contributed by atoms with E-state index in [0.29, 0.717) is 11.7 Å². The third-order valence-electron chi connectivity index (χ3n) is 2.29. The van der Waals surface area contributed by atoms with Gasteiger partial charge in [0.25, 0.3) is 0 Å². The smallest absolute Gasteiger partial charge is 0.101 e. The van der Waals surface area contributed by atoms with Crippen molar-refractivity contribution in [1.29, 1.82) is 0 Å². The highest BCUT2D eigenvalue weighted by Crippen LogP contribution is 2.16. The van der Waals surface area contributed by atoms with Gasteiger partial charge in [-0.1, -0.05) is 6.58 Å². The maximum absolute atomic E-state index is 5.36. The molecule has 0 bridgehead atoms. The van der Waals surface area contributed by atoms with Gasteiger partial charge >= 0.3 is 0 Å². The molecule has 1 aliphatic heterocycles. The Morgan fingerprint density at radius 2 is 2.38 bits per heavy atom. The van der Waals surface area contributed by atoms with Gasteiger partial charge in [0.2, 0.25) is 0 Å². The van der Waals surface area contributed by atoms with E-state index in [1.54, 1.807) is 12.3 Å². The summed E-state index contributed by atoms with van der Waals surface area (Å²) in [5.74, 6) is 1.05. The van der Waals surface area contributed by atoms with Crippen LogP contribution in [0, 0.1) is 0 Å². The van der Waals surface area contributed by atoms with Gasteiger partial charge in [-0.3, -0.25) is 0 Å². The van der Waals surface area contributed by atoms with Crippen molar-refractivity contribution < 1.29 is 0 Å². The Kier molecular flexibility index (Phi) is 3.12. The molecule has 1 aliphatic rings. The van der Waals surface area contributed by atoms with Crippen molar-refractivity contribution in [3.63, 3.8) is 0 Å². The normalized spacial score (nSPS) is 23.4. The largest absolute Gasteiger partial charge is 0.399 e. The van der Waals surface area contributed by atoms with Crippen LogP contribution in [0.1, 0.15) is 20.3 Å². The SMILES string of the molecule is C=C(N)/C=C\N=C(/C)N1CCC1C. The number of hydrogen-bond acceptors (Lipinski definition) is 2. The summed E-state index contributed by atoms with van der Waals surface area (Å²) in [6.07, 6.45) is 4.66. The van der Waals surface area contributed by atoms with Gasteiger partial charge in [-0.25, -0.2) is 4.99 Å². The number of rotatable bonds is 2. The second-order valence-corrected chi connectivity index (χ2v) is 3.40. The number of hydrogen-bond donors (Lipinski definition) is 1. The molecule has 2 N–H and O–H groups in total. The molecule has 3 nitrogen and oxygen atoms in total. The highest BCUT2D eigenvalue weighted by molar-refractivity contribution is 5.81. The van der Waals surface area contributed by atoms with E-state index in [4.69, 9.17) is 5.73 Å². The first kappa shape index (κ1) is 9.84. The minimum Gasteiger partial charge on any atom is -0.399 e. The quantitative estimate of drug-likeness (QED) is 0.396. The predicted molar refractivity (Wildman–Crippen MR) is 56.4 cm³/mol. The fourth-order valence-corrected chi connectivity index (χ4v) is 1.31. The van der Waals surface area contributed by atoms with E-state index in [0.717, 1.165) is 12.4 Å². The molecule has 72 valence electrons. The third-order valence-corrected chi connectivity index (χ3v) is 2.29. The molecule has 0 amide bonds. The molecule has 0 radical (unpaired) electrons. The third kappa shape index (κ3) is 2.61. The second kappa shape index (κ2) is 4.12. The second-order valence-electron chi connectivity index (χ2n) is 3.40. The molecule has 1 atom stereocenters. The van der Waals surface area contributed by atoms with Crippen molar-refractivity contribution >= 4 is 5.84 Å². The summed E-state index contributed by atoms with van der Waals surface area (Å²) in [4.78, 5) is 6.53. The molecule has 0 saturated carbocycles. The number of amidine groups is 1. The van der Waals surface area contributed by atoms with E-state index in [2.05, 4.69) is 23.4 Å². The minimum atomic E-state index is 0.535. The van der Waals surface area contributed by atoms with Crippen LogP contribution in [-0.2, 0) is 0 Å². The predicted octanol–water partition coefficient (Wildman–Crippen LogP) is 1.49. The highest BCUT2D eigenvalue weighted by Gasteiger charge is 2.23. The highest BCUT2D eigenvalue weighted by atomic mass is 15.2. The monoisotopic (exact) mass is 179 g/mol. The van der Waals surface area contributed by atoms with Gasteiger partial charge in [0.05, 0.1) is 0 Å². The molecule has 13 heavy (non-hydrogen) atoms. The number of nitrogens with zero attached hydrogens (tertiary/aromatic N) is 2. The number of allylic oxidation sites excluding steroid dienone is 1. The Morgan fingerprint density at radius 1 is 1.69 bits per heavy atom. The van der Waals surface area contributed by atoms with Crippen molar-refractivity contribution in [3.05, 3.63) is 24.6 Å². The van der Waals surface area contributed by atoms with Crippen LogP contribution in [-0.4, -0.2) is 23.3 Å². The molecule has 1 heterocycles. The molecule has 3 heteroatoms. The lowest BCUT2D eigenvalue weighted by Crippen LogP contribution is -2.48. The van der Waals surface area contributed by atoms with Crippen molar-refractivity contribution in [2.75, 3.05) is 6.54 Å². The van der Waals surface area contributed by atoms with E-state index in [1.165, 1.54) is 6.42 Å². The maximum Gasteiger partial charge on any atom is 0.101 e. The maximum atomic E-state index is 5.36. The topological polar surface area (TPSA) is 41.6 Å². The zero-order valence-corrected chi connectivity index (χ0v) is 8.33. The van der Waals surface area contributed by atoms with Gasteiger partial charge in [0, 0.05) is 24.5 Å². The zero-order chi connectivity index (χ0) is 9.84. The molecule has 0 aromatic heterocycles. The minimum absolute atomic E-state index is 0.535. The average Bonchev–Trinajstić information content (AvgIpc) is 2.01. The van der Waals surface area contributed by atoms with Crippen LogP contribution in [0.2, 0.25) is 0 Å². The molecule has 0 spiro atoms. The Morgan fingerprint density at radius 3 is 2.77 bits per heavy atom. The van der Waals surface area contributed by atoms with Gasteiger partial charge in [-0.05, 0) is 26.3 Å². The molecule has 0 aliphatic carbocycles. The Hall–Kier alpha value is -1.25. The fourth-order valence-electron chi connectivity index (χ4n) is 1.31. The zero-order valence-electron chi connectivity index (χ0n) is 8.33. The first-order chi connectivity index (χ1) is 6.11. The van der Waals surface area contributed by atoms with E-state index >= 15 is 0 Å². The number of aliphatic imine (C=N–C) groups is 1. The number of likely N-dealkylation sites (tertiary alicyclic amines) is 1. The molecule has 1 fully saturated rings. The van der Waals surface area contributed by atoms with Gasteiger partial charge in [-0.2, -0.15) is 0 Å². The molecule has 1 unspecified atom stereocenters. The summed E-state index contributed by atoms with van der Waals surface area (Å²) in [7, 11) is 0.